The van der Waals surface area contributed by atoms with Crippen LogP contribution in [-0.4, -0.2) is 30.8 Å². The second kappa shape index (κ2) is 7.52. The predicted molar refractivity (Wildman–Crippen MR) is 120 cm³/mol. The number of carbonyl (C=O) groups is 3. The average Bonchev–Trinajstić information content (AvgIpc) is 3.40. The van der Waals surface area contributed by atoms with Gasteiger partial charge < -0.3 is 15.1 Å². The monoisotopic (exact) mass is 417 g/mol. The van der Waals surface area contributed by atoms with Crippen molar-refractivity contribution in [2.75, 3.05) is 28.2 Å². The third-order valence-corrected chi connectivity index (χ3v) is 6.61. The lowest BCUT2D eigenvalue weighted by Crippen LogP contribution is -2.30. The predicted octanol–water partition coefficient (Wildman–Crippen LogP) is 3.59. The second-order valence-electron chi connectivity index (χ2n) is 9.04. The number of rotatable bonds is 4. The first-order valence-electron chi connectivity index (χ1n) is 11.0. The number of anilines is 3. The Balaban J connectivity index is 1.30. The molecule has 1 N–H and O–H groups in total. The largest absolute Gasteiger partial charge is 0.326 e. The van der Waals surface area contributed by atoms with Crippen molar-refractivity contribution < 1.29 is 14.4 Å². The van der Waals surface area contributed by atoms with E-state index >= 15 is 0 Å². The molecule has 5 rings (SSSR count). The van der Waals surface area contributed by atoms with Crippen LogP contribution in [0.5, 0.6) is 0 Å². The molecule has 2 aromatic carbocycles. The third-order valence-electron chi connectivity index (χ3n) is 6.61. The number of aryl methyl sites for hydroxylation is 2. The summed E-state index contributed by atoms with van der Waals surface area (Å²) in [6.07, 6.45) is 3.01. The number of fused-ring (bicyclic) bond motifs is 1. The van der Waals surface area contributed by atoms with Crippen LogP contribution in [0.15, 0.2) is 36.4 Å². The maximum Gasteiger partial charge on any atom is 0.230 e. The van der Waals surface area contributed by atoms with E-state index in [0.29, 0.717) is 13.1 Å². The Labute approximate surface area is 182 Å². The molecule has 0 unspecified atom stereocenters. The molecular formula is C25H27N3O3. The summed E-state index contributed by atoms with van der Waals surface area (Å²) in [6, 6.07) is 11.8. The van der Waals surface area contributed by atoms with Gasteiger partial charge in [0.05, 0.1) is 5.92 Å². The van der Waals surface area contributed by atoms with Crippen LogP contribution < -0.4 is 15.1 Å². The number of nitrogens with one attached hydrogen (secondary N) is 1. The van der Waals surface area contributed by atoms with Crippen molar-refractivity contribution in [1.82, 2.24) is 0 Å². The fraction of sp³-hybridized carbons (Fsp3) is 0.400. The van der Waals surface area contributed by atoms with Gasteiger partial charge in [0.25, 0.3) is 0 Å². The first kappa shape index (κ1) is 19.8. The highest BCUT2D eigenvalue weighted by molar-refractivity contribution is 6.04. The van der Waals surface area contributed by atoms with Crippen molar-refractivity contribution in [1.29, 1.82) is 0 Å². The van der Waals surface area contributed by atoms with Gasteiger partial charge in [0.1, 0.15) is 0 Å². The zero-order chi connectivity index (χ0) is 21.7. The van der Waals surface area contributed by atoms with Crippen LogP contribution in [0.2, 0.25) is 0 Å². The normalized spacial score (nSPS) is 20.2. The van der Waals surface area contributed by atoms with E-state index in [1.54, 1.807) is 4.90 Å². The summed E-state index contributed by atoms with van der Waals surface area (Å²) in [4.78, 5) is 41.6. The van der Waals surface area contributed by atoms with Crippen LogP contribution >= 0.6 is 0 Å². The van der Waals surface area contributed by atoms with Crippen LogP contribution in [0.25, 0.3) is 0 Å². The van der Waals surface area contributed by atoms with Gasteiger partial charge in [-0.05, 0) is 74.1 Å². The van der Waals surface area contributed by atoms with E-state index in [2.05, 4.69) is 5.32 Å². The maximum atomic E-state index is 12.8. The standard InChI is InChI=1S/C25H27N3O3/c1-15-3-4-16(2)21(11-15)26-24(30)19-13-23(29)28(14-19)20-7-8-22-18(12-20)9-10-27(22)25(31)17-5-6-17/h3-4,7-8,11-12,17,19H,5-6,9-10,13-14H2,1-2H3,(H,26,30)/t19-/m1/s1. The van der Waals surface area contributed by atoms with Crippen LogP contribution in [0.4, 0.5) is 17.1 Å². The summed E-state index contributed by atoms with van der Waals surface area (Å²) in [5.74, 6) is -0.112. The van der Waals surface area contributed by atoms with E-state index < -0.39 is 0 Å². The SMILES string of the molecule is Cc1ccc(C)c(NC(=O)[C@@H]2CC(=O)N(c3ccc4c(c3)CCN4C(=O)C3CC3)C2)c1. The molecule has 6 heteroatoms. The first-order valence-corrected chi connectivity index (χ1v) is 11.0. The Morgan fingerprint density at radius 1 is 1.03 bits per heavy atom. The van der Waals surface area contributed by atoms with Gasteiger partial charge >= 0.3 is 0 Å². The molecule has 1 saturated carbocycles. The number of benzene rings is 2. The number of hydrogen-bond acceptors (Lipinski definition) is 3. The molecule has 3 amide bonds. The molecule has 31 heavy (non-hydrogen) atoms. The van der Waals surface area contributed by atoms with Crippen LogP contribution in [0.3, 0.4) is 0 Å². The van der Waals surface area contributed by atoms with Crippen molar-refractivity contribution in [2.24, 2.45) is 11.8 Å². The zero-order valence-electron chi connectivity index (χ0n) is 18.0. The molecule has 2 aromatic rings. The maximum absolute atomic E-state index is 12.8. The summed E-state index contributed by atoms with van der Waals surface area (Å²) in [5.41, 5.74) is 5.76. The average molecular weight is 418 g/mol. The Morgan fingerprint density at radius 3 is 2.61 bits per heavy atom. The second-order valence-corrected chi connectivity index (χ2v) is 9.04. The van der Waals surface area contributed by atoms with Crippen LogP contribution in [0, 0.1) is 25.7 Å². The Morgan fingerprint density at radius 2 is 1.84 bits per heavy atom. The van der Waals surface area contributed by atoms with Gasteiger partial charge in [0, 0.05) is 42.5 Å². The van der Waals surface area contributed by atoms with E-state index in [4.69, 9.17) is 0 Å². The third kappa shape index (κ3) is 3.71. The zero-order valence-corrected chi connectivity index (χ0v) is 18.0. The lowest BCUT2D eigenvalue weighted by atomic mass is 10.1. The van der Waals surface area contributed by atoms with Gasteiger partial charge in [-0.25, -0.2) is 0 Å². The summed E-state index contributed by atoms with van der Waals surface area (Å²) in [7, 11) is 0. The van der Waals surface area contributed by atoms with Crippen LogP contribution in [-0.2, 0) is 20.8 Å². The highest BCUT2D eigenvalue weighted by Gasteiger charge is 2.38. The smallest absolute Gasteiger partial charge is 0.230 e. The van der Waals surface area contributed by atoms with E-state index in [1.807, 2.05) is 55.1 Å². The fourth-order valence-electron chi connectivity index (χ4n) is 4.57. The lowest BCUT2D eigenvalue weighted by Gasteiger charge is -2.20. The van der Waals surface area contributed by atoms with Crippen LogP contribution in [0.1, 0.15) is 36.0 Å². The van der Waals surface area contributed by atoms with E-state index in [0.717, 1.165) is 53.0 Å². The highest BCUT2D eigenvalue weighted by atomic mass is 16.2. The van der Waals surface area contributed by atoms with Gasteiger partial charge in [-0.3, -0.25) is 14.4 Å². The molecule has 0 radical (unpaired) electrons. The van der Waals surface area contributed by atoms with Crippen molar-refractivity contribution in [3.8, 4) is 0 Å². The van der Waals surface area contributed by atoms with E-state index in [-0.39, 0.29) is 36.0 Å². The molecule has 1 aliphatic carbocycles. The van der Waals surface area contributed by atoms with Crippen molar-refractivity contribution in [2.45, 2.75) is 39.5 Å². The minimum Gasteiger partial charge on any atom is -0.326 e. The molecule has 160 valence electrons. The fourth-order valence-corrected chi connectivity index (χ4v) is 4.57. The quantitative estimate of drug-likeness (QED) is 0.827. The molecule has 2 fully saturated rings. The lowest BCUT2D eigenvalue weighted by molar-refractivity contribution is -0.122. The van der Waals surface area contributed by atoms with E-state index in [1.165, 1.54) is 0 Å². The summed E-state index contributed by atoms with van der Waals surface area (Å²) < 4.78 is 0. The summed E-state index contributed by atoms with van der Waals surface area (Å²) in [6.45, 7) is 5.04. The minimum atomic E-state index is -0.381. The molecule has 3 aliphatic rings. The number of carbonyl (C=O) groups excluding carboxylic acids is 3. The molecule has 0 bridgehead atoms. The van der Waals surface area contributed by atoms with Gasteiger partial charge in [0.15, 0.2) is 0 Å². The molecule has 2 heterocycles. The number of nitrogens with zero attached hydrogens (tertiary/aromatic N) is 2. The number of amides is 3. The number of hydrogen-bond donors (Lipinski definition) is 1. The van der Waals surface area contributed by atoms with Crippen molar-refractivity contribution in [3.05, 3.63) is 53.1 Å². The molecule has 0 aromatic heterocycles. The van der Waals surface area contributed by atoms with Gasteiger partial charge in [-0.1, -0.05) is 12.1 Å². The van der Waals surface area contributed by atoms with Gasteiger partial charge in [-0.15, -0.1) is 0 Å². The Kier molecular flexibility index (Phi) is 4.80. The molecule has 1 atom stereocenters. The highest BCUT2D eigenvalue weighted by Crippen LogP contribution is 2.38. The van der Waals surface area contributed by atoms with E-state index in [9.17, 15) is 14.4 Å². The Hall–Kier alpha value is -3.15. The van der Waals surface area contributed by atoms with Crippen molar-refractivity contribution in [3.63, 3.8) is 0 Å². The van der Waals surface area contributed by atoms with Crippen molar-refractivity contribution >= 4 is 34.8 Å². The van der Waals surface area contributed by atoms with Gasteiger partial charge in [-0.2, -0.15) is 0 Å². The molecule has 0 spiro atoms. The summed E-state index contributed by atoms with van der Waals surface area (Å²) in [5, 5.41) is 3.00. The molecule has 6 nitrogen and oxygen atoms in total. The molecule has 2 aliphatic heterocycles. The molecule has 1 saturated heterocycles. The summed E-state index contributed by atoms with van der Waals surface area (Å²) >= 11 is 0. The topological polar surface area (TPSA) is 69.7 Å². The first-order chi connectivity index (χ1) is 14.9. The Bertz CT molecular complexity index is 1090. The van der Waals surface area contributed by atoms with Gasteiger partial charge in [0.2, 0.25) is 17.7 Å². The molecular weight excluding hydrogens is 390 g/mol. The minimum absolute atomic E-state index is 0.0371.